The molecule has 0 saturated carbocycles. The third-order valence-electron chi connectivity index (χ3n) is 2.92. The second-order valence-electron chi connectivity index (χ2n) is 4.76. The number of hydrogen-bond acceptors (Lipinski definition) is 6. The van der Waals surface area contributed by atoms with Gasteiger partial charge in [0.1, 0.15) is 6.54 Å². The van der Waals surface area contributed by atoms with Crippen LogP contribution in [0.3, 0.4) is 0 Å². The summed E-state index contributed by atoms with van der Waals surface area (Å²) >= 11 is 0. The third-order valence-corrected chi connectivity index (χ3v) is 3.47. The molecule has 118 valence electrons. The third kappa shape index (κ3) is 6.14. The normalized spacial score (nSPS) is 11.2. The second kappa shape index (κ2) is 7.42. The van der Waals surface area contributed by atoms with E-state index in [2.05, 4.69) is 4.74 Å². The maximum Gasteiger partial charge on any atom is 0.325 e. The van der Waals surface area contributed by atoms with Gasteiger partial charge in [0, 0.05) is 12.7 Å². The molecule has 0 aliphatic carbocycles. The number of rotatable bonds is 7. The van der Waals surface area contributed by atoms with Gasteiger partial charge in [-0.3, -0.25) is 8.98 Å². The standard InChI is InChI=1S/C14H21NO5S/c1-5-11-6-12(10-20-21(4,17)18)8-13(7-11)15(2)9-14(16)19-3/h6-8H,5,9-10H2,1-4H3. The van der Waals surface area contributed by atoms with Crippen molar-refractivity contribution >= 4 is 21.8 Å². The van der Waals surface area contributed by atoms with Crippen molar-refractivity contribution in [1.29, 1.82) is 0 Å². The summed E-state index contributed by atoms with van der Waals surface area (Å²) in [5, 5.41) is 0. The number of carbonyl (C=O) groups excluding carboxylic acids is 1. The Morgan fingerprint density at radius 1 is 1.24 bits per heavy atom. The lowest BCUT2D eigenvalue weighted by Gasteiger charge is -2.19. The molecule has 21 heavy (non-hydrogen) atoms. The van der Waals surface area contributed by atoms with Crippen LogP contribution in [-0.4, -0.2) is 41.3 Å². The maximum atomic E-state index is 11.3. The predicted molar refractivity (Wildman–Crippen MR) is 80.7 cm³/mol. The van der Waals surface area contributed by atoms with Crippen molar-refractivity contribution in [2.24, 2.45) is 0 Å². The van der Waals surface area contributed by atoms with Crippen molar-refractivity contribution in [3.8, 4) is 0 Å². The Hall–Kier alpha value is -1.60. The van der Waals surface area contributed by atoms with Crippen molar-refractivity contribution in [1.82, 2.24) is 0 Å². The molecule has 0 aromatic heterocycles. The van der Waals surface area contributed by atoms with Crippen molar-refractivity contribution in [2.45, 2.75) is 20.0 Å². The molecule has 0 amide bonds. The molecule has 0 radical (unpaired) electrons. The molecule has 0 aliphatic rings. The fourth-order valence-corrected chi connectivity index (χ4v) is 2.13. The SMILES string of the molecule is CCc1cc(COS(C)(=O)=O)cc(N(C)CC(=O)OC)c1. The van der Waals surface area contributed by atoms with Crippen molar-refractivity contribution in [3.05, 3.63) is 29.3 Å². The molecule has 1 aromatic rings. The molecular formula is C14H21NO5S. The molecule has 0 atom stereocenters. The molecule has 0 spiro atoms. The highest BCUT2D eigenvalue weighted by Crippen LogP contribution is 2.20. The van der Waals surface area contributed by atoms with Crippen LogP contribution in [0.25, 0.3) is 0 Å². The van der Waals surface area contributed by atoms with Crippen LogP contribution < -0.4 is 4.90 Å². The summed E-state index contributed by atoms with van der Waals surface area (Å²) in [4.78, 5) is 13.1. The van der Waals surface area contributed by atoms with Gasteiger partial charge in [-0.25, -0.2) is 0 Å². The monoisotopic (exact) mass is 315 g/mol. The van der Waals surface area contributed by atoms with E-state index in [1.165, 1.54) is 7.11 Å². The lowest BCUT2D eigenvalue weighted by atomic mass is 10.1. The second-order valence-corrected chi connectivity index (χ2v) is 6.40. The van der Waals surface area contributed by atoms with Crippen molar-refractivity contribution in [3.63, 3.8) is 0 Å². The minimum atomic E-state index is -3.49. The Kier molecular flexibility index (Phi) is 6.17. The van der Waals surface area contributed by atoms with Gasteiger partial charge in [0.05, 0.1) is 20.0 Å². The highest BCUT2D eigenvalue weighted by atomic mass is 32.2. The summed E-state index contributed by atoms with van der Waals surface area (Å²) in [6.07, 6.45) is 1.81. The van der Waals surface area contributed by atoms with Crippen LogP contribution >= 0.6 is 0 Å². The summed E-state index contributed by atoms with van der Waals surface area (Å²) in [6, 6.07) is 5.64. The van der Waals surface area contributed by atoms with Gasteiger partial charge in [-0.1, -0.05) is 13.0 Å². The zero-order valence-electron chi connectivity index (χ0n) is 12.8. The van der Waals surface area contributed by atoms with Crippen LogP contribution in [0.1, 0.15) is 18.1 Å². The highest BCUT2D eigenvalue weighted by Gasteiger charge is 2.10. The van der Waals surface area contributed by atoms with E-state index in [0.717, 1.165) is 29.5 Å². The number of anilines is 1. The van der Waals surface area contributed by atoms with Crippen LogP contribution in [0, 0.1) is 0 Å². The summed E-state index contributed by atoms with van der Waals surface area (Å²) in [7, 11) is -0.378. The van der Waals surface area contributed by atoms with Gasteiger partial charge >= 0.3 is 5.97 Å². The van der Waals surface area contributed by atoms with E-state index in [0.29, 0.717) is 0 Å². The fraction of sp³-hybridized carbons (Fsp3) is 0.500. The molecule has 1 rings (SSSR count). The zero-order chi connectivity index (χ0) is 16.0. The van der Waals surface area contributed by atoms with Gasteiger partial charge in [0.15, 0.2) is 0 Å². The molecule has 0 unspecified atom stereocenters. The lowest BCUT2D eigenvalue weighted by molar-refractivity contribution is -0.138. The van der Waals surface area contributed by atoms with Gasteiger partial charge in [-0.2, -0.15) is 8.42 Å². The summed E-state index contributed by atoms with van der Waals surface area (Å²) in [6.45, 7) is 2.10. The van der Waals surface area contributed by atoms with Gasteiger partial charge < -0.3 is 9.64 Å². The highest BCUT2D eigenvalue weighted by molar-refractivity contribution is 7.85. The van der Waals surface area contributed by atoms with Crippen molar-refractivity contribution < 1.29 is 22.1 Å². The number of methoxy groups -OCH3 is 1. The predicted octanol–water partition coefficient (Wildman–Crippen LogP) is 1.33. The molecule has 0 aliphatic heterocycles. The minimum Gasteiger partial charge on any atom is -0.468 e. The molecule has 7 heteroatoms. The van der Waals surface area contributed by atoms with Gasteiger partial charge in [-0.15, -0.1) is 0 Å². The maximum absolute atomic E-state index is 11.3. The minimum absolute atomic E-state index is 0.0221. The molecule has 0 heterocycles. The van der Waals surface area contributed by atoms with Gasteiger partial charge in [0.25, 0.3) is 10.1 Å². The first kappa shape index (κ1) is 17.5. The largest absolute Gasteiger partial charge is 0.468 e. The molecule has 0 fully saturated rings. The van der Waals surface area contributed by atoms with E-state index < -0.39 is 10.1 Å². The van der Waals surface area contributed by atoms with Crippen molar-refractivity contribution in [2.75, 3.05) is 31.9 Å². The smallest absolute Gasteiger partial charge is 0.325 e. The first-order valence-corrected chi connectivity index (χ1v) is 8.32. The van der Waals surface area contributed by atoms with E-state index in [-0.39, 0.29) is 19.1 Å². The van der Waals surface area contributed by atoms with Gasteiger partial charge in [-0.05, 0) is 29.7 Å². The number of aryl methyl sites for hydroxylation is 1. The summed E-state index contributed by atoms with van der Waals surface area (Å²) < 4.78 is 31.6. The Bertz CT molecular complexity index is 597. The lowest BCUT2D eigenvalue weighted by Crippen LogP contribution is -2.26. The van der Waals surface area contributed by atoms with Gasteiger partial charge in [0.2, 0.25) is 0 Å². The Balaban J connectivity index is 2.96. The van der Waals surface area contributed by atoms with E-state index >= 15 is 0 Å². The van der Waals surface area contributed by atoms with E-state index in [1.807, 2.05) is 19.1 Å². The van der Waals surface area contributed by atoms with Crippen LogP contribution in [0.4, 0.5) is 5.69 Å². The molecule has 6 nitrogen and oxygen atoms in total. The number of hydrogen-bond donors (Lipinski definition) is 0. The number of nitrogens with zero attached hydrogens (tertiary/aromatic N) is 1. The van der Waals surface area contributed by atoms with Crippen LogP contribution in [0.15, 0.2) is 18.2 Å². The Morgan fingerprint density at radius 3 is 2.38 bits per heavy atom. The van der Waals surface area contributed by atoms with Crippen LogP contribution in [-0.2, 0) is 36.9 Å². The summed E-state index contributed by atoms with van der Waals surface area (Å²) in [5.74, 6) is -0.340. The van der Waals surface area contributed by atoms with Crippen LogP contribution in [0.5, 0.6) is 0 Å². The molecular weight excluding hydrogens is 294 g/mol. The number of carbonyl (C=O) groups is 1. The first-order valence-electron chi connectivity index (χ1n) is 6.50. The number of likely N-dealkylation sites (N-methyl/N-ethyl adjacent to an activating group) is 1. The summed E-state index contributed by atoms with van der Waals surface area (Å²) in [5.41, 5.74) is 2.59. The van der Waals surface area contributed by atoms with E-state index in [4.69, 9.17) is 4.18 Å². The molecule has 0 N–H and O–H groups in total. The topological polar surface area (TPSA) is 72.9 Å². The average Bonchev–Trinajstić information content (AvgIpc) is 2.43. The average molecular weight is 315 g/mol. The van der Waals surface area contributed by atoms with E-state index in [9.17, 15) is 13.2 Å². The first-order chi connectivity index (χ1) is 9.75. The Labute approximate surface area is 125 Å². The molecule has 0 bridgehead atoms. The number of benzene rings is 1. The van der Waals surface area contributed by atoms with Crippen LogP contribution in [0.2, 0.25) is 0 Å². The van der Waals surface area contributed by atoms with E-state index in [1.54, 1.807) is 18.0 Å². The zero-order valence-corrected chi connectivity index (χ0v) is 13.6. The fourth-order valence-electron chi connectivity index (χ4n) is 1.78. The number of esters is 1. The number of ether oxygens (including phenoxy) is 1. The molecule has 1 aromatic carbocycles. The Morgan fingerprint density at radius 2 is 1.86 bits per heavy atom. The molecule has 0 saturated heterocycles. The quantitative estimate of drug-likeness (QED) is 0.558.